The van der Waals surface area contributed by atoms with Gasteiger partial charge in [-0.2, -0.15) is 0 Å². The number of nitrogens with one attached hydrogen (secondary N) is 1. The molecule has 0 aliphatic rings. The lowest BCUT2D eigenvalue weighted by molar-refractivity contribution is 0.0688. The number of rotatable bonds is 2. The van der Waals surface area contributed by atoms with Crippen LogP contribution in [-0.4, -0.2) is 20.6 Å². The summed E-state index contributed by atoms with van der Waals surface area (Å²) in [6.07, 6.45) is 1.11. The van der Waals surface area contributed by atoms with Gasteiger partial charge < -0.3 is 10.1 Å². The molecule has 0 aliphatic carbocycles. The van der Waals surface area contributed by atoms with Gasteiger partial charge in [0.1, 0.15) is 0 Å². The topological polar surface area (TPSA) is 75.1 Å². The van der Waals surface area contributed by atoms with Crippen LogP contribution in [0.2, 0.25) is 10.0 Å². The molecule has 0 unspecified atom stereocenters. The van der Waals surface area contributed by atoms with Crippen LogP contribution in [0.15, 0.2) is 29.2 Å². The number of carbonyl (C=O) groups is 1. The van der Waals surface area contributed by atoms with E-state index >= 15 is 0 Å². The van der Waals surface area contributed by atoms with Gasteiger partial charge in [-0.3, -0.25) is 4.57 Å². The summed E-state index contributed by atoms with van der Waals surface area (Å²) in [6, 6.07) is 4.40. The molecule has 0 bridgehead atoms. The maximum absolute atomic E-state index is 11.5. The second-order valence-corrected chi connectivity index (χ2v) is 4.12. The van der Waals surface area contributed by atoms with E-state index in [4.69, 9.17) is 28.3 Å². The van der Waals surface area contributed by atoms with E-state index in [2.05, 4.69) is 4.98 Å². The van der Waals surface area contributed by atoms with Crippen molar-refractivity contribution in [2.24, 2.45) is 0 Å². The van der Waals surface area contributed by atoms with Gasteiger partial charge in [-0.25, -0.2) is 9.59 Å². The van der Waals surface area contributed by atoms with Gasteiger partial charge in [-0.05, 0) is 18.2 Å². The van der Waals surface area contributed by atoms with Crippen molar-refractivity contribution in [3.05, 3.63) is 50.6 Å². The maximum atomic E-state index is 11.5. The summed E-state index contributed by atoms with van der Waals surface area (Å²) in [7, 11) is 0. The molecule has 0 saturated heterocycles. The Balaban J connectivity index is 2.71. The Morgan fingerprint density at radius 2 is 1.82 bits per heavy atom. The first kappa shape index (κ1) is 11.8. The van der Waals surface area contributed by atoms with Crippen LogP contribution < -0.4 is 5.69 Å². The zero-order chi connectivity index (χ0) is 12.6. The number of halogens is 2. The molecule has 0 fully saturated rings. The Morgan fingerprint density at radius 1 is 1.24 bits per heavy atom. The first-order valence-electron chi connectivity index (χ1n) is 4.49. The van der Waals surface area contributed by atoms with Crippen LogP contribution in [0.1, 0.15) is 10.5 Å². The minimum atomic E-state index is -1.22. The highest BCUT2D eigenvalue weighted by atomic mass is 35.5. The van der Waals surface area contributed by atoms with Crippen molar-refractivity contribution < 1.29 is 9.90 Å². The molecule has 88 valence electrons. The normalized spacial score (nSPS) is 10.5. The summed E-state index contributed by atoms with van der Waals surface area (Å²) in [5.41, 5.74) is -0.458. The second-order valence-electron chi connectivity index (χ2n) is 3.25. The molecule has 0 amide bonds. The van der Waals surface area contributed by atoms with Gasteiger partial charge >= 0.3 is 11.7 Å². The van der Waals surface area contributed by atoms with Crippen LogP contribution in [0.25, 0.3) is 5.69 Å². The fourth-order valence-electron chi connectivity index (χ4n) is 1.45. The number of carboxylic acid groups (broad SMARTS) is 1. The first-order valence-corrected chi connectivity index (χ1v) is 5.25. The third-order valence-electron chi connectivity index (χ3n) is 2.10. The molecular weight excluding hydrogens is 267 g/mol. The quantitative estimate of drug-likeness (QED) is 0.880. The number of H-pyrrole nitrogens is 1. The Bertz CT molecular complexity index is 625. The van der Waals surface area contributed by atoms with Crippen molar-refractivity contribution in [2.75, 3.05) is 0 Å². The van der Waals surface area contributed by atoms with E-state index in [1.807, 2.05) is 0 Å². The second kappa shape index (κ2) is 4.27. The van der Waals surface area contributed by atoms with Crippen molar-refractivity contribution >= 4 is 29.2 Å². The monoisotopic (exact) mass is 272 g/mol. The van der Waals surface area contributed by atoms with Gasteiger partial charge in [-0.15, -0.1) is 0 Å². The van der Waals surface area contributed by atoms with E-state index in [1.165, 1.54) is 18.2 Å². The molecule has 0 radical (unpaired) electrons. The zero-order valence-corrected chi connectivity index (χ0v) is 9.79. The highest BCUT2D eigenvalue weighted by molar-refractivity contribution is 6.34. The molecule has 0 atom stereocenters. The third-order valence-corrected chi connectivity index (χ3v) is 2.54. The largest absolute Gasteiger partial charge is 0.477 e. The number of benzene rings is 1. The summed E-state index contributed by atoms with van der Waals surface area (Å²) in [6.45, 7) is 0. The molecule has 5 nitrogen and oxygen atoms in total. The lowest BCUT2D eigenvalue weighted by atomic mass is 10.3. The molecule has 7 heteroatoms. The van der Waals surface area contributed by atoms with E-state index in [1.54, 1.807) is 0 Å². The summed E-state index contributed by atoms with van der Waals surface area (Å²) in [5, 5.41) is 9.57. The molecule has 1 heterocycles. The fraction of sp³-hybridized carbons (Fsp3) is 0. The van der Waals surface area contributed by atoms with Gasteiger partial charge in [0.15, 0.2) is 5.69 Å². The van der Waals surface area contributed by atoms with E-state index in [-0.39, 0.29) is 5.69 Å². The molecule has 1 aromatic heterocycles. The van der Waals surface area contributed by atoms with E-state index < -0.39 is 11.7 Å². The lowest BCUT2D eigenvalue weighted by Gasteiger charge is -2.05. The number of carboxylic acids is 1. The van der Waals surface area contributed by atoms with Gasteiger partial charge in [0.2, 0.25) is 0 Å². The number of aromatic nitrogens is 2. The highest BCUT2D eigenvalue weighted by Crippen LogP contribution is 2.21. The smallest absolute Gasteiger partial charge is 0.354 e. The maximum Gasteiger partial charge on any atom is 0.354 e. The minimum absolute atomic E-state index is 0.187. The predicted molar refractivity (Wildman–Crippen MR) is 63.4 cm³/mol. The molecule has 17 heavy (non-hydrogen) atoms. The van der Waals surface area contributed by atoms with Gasteiger partial charge in [0.25, 0.3) is 0 Å². The number of hydrogen-bond acceptors (Lipinski definition) is 2. The number of imidazole rings is 1. The molecule has 2 N–H and O–H groups in total. The van der Waals surface area contributed by atoms with Crippen LogP contribution >= 0.6 is 23.2 Å². The summed E-state index contributed by atoms with van der Waals surface area (Å²) in [4.78, 5) is 24.8. The van der Waals surface area contributed by atoms with E-state index in [9.17, 15) is 9.59 Å². The van der Waals surface area contributed by atoms with Crippen molar-refractivity contribution in [3.63, 3.8) is 0 Å². The van der Waals surface area contributed by atoms with E-state index in [0.29, 0.717) is 15.7 Å². The Labute approximate surface area is 105 Å². The summed E-state index contributed by atoms with van der Waals surface area (Å²) < 4.78 is 0.986. The van der Waals surface area contributed by atoms with E-state index in [0.717, 1.165) is 10.8 Å². The van der Waals surface area contributed by atoms with Crippen LogP contribution in [0, 0.1) is 0 Å². The van der Waals surface area contributed by atoms with Crippen molar-refractivity contribution in [1.82, 2.24) is 9.55 Å². The van der Waals surface area contributed by atoms with Crippen LogP contribution in [0.3, 0.4) is 0 Å². The fourth-order valence-corrected chi connectivity index (χ4v) is 1.97. The standard InChI is InChI=1S/C10H6Cl2N2O3/c11-5-1-6(12)3-7(2-5)14-8(9(15)16)4-13-10(14)17/h1-4H,(H,13,17)(H,15,16). The number of aromatic carboxylic acids is 1. The Morgan fingerprint density at radius 3 is 2.35 bits per heavy atom. The first-order chi connectivity index (χ1) is 7.99. The average Bonchev–Trinajstić information content (AvgIpc) is 2.58. The highest BCUT2D eigenvalue weighted by Gasteiger charge is 2.15. The zero-order valence-electron chi connectivity index (χ0n) is 8.28. The molecule has 0 aliphatic heterocycles. The number of aromatic amines is 1. The molecule has 2 rings (SSSR count). The summed E-state index contributed by atoms with van der Waals surface area (Å²) >= 11 is 11.6. The molecule has 0 spiro atoms. The van der Waals surface area contributed by atoms with Gasteiger partial charge in [0, 0.05) is 16.2 Å². The van der Waals surface area contributed by atoms with Crippen molar-refractivity contribution in [3.8, 4) is 5.69 Å². The minimum Gasteiger partial charge on any atom is -0.477 e. The van der Waals surface area contributed by atoms with Crippen LogP contribution in [0.4, 0.5) is 0 Å². The number of hydrogen-bond donors (Lipinski definition) is 2. The molecule has 2 aromatic rings. The lowest BCUT2D eigenvalue weighted by Crippen LogP contribution is -2.19. The predicted octanol–water partition coefficient (Wildman–Crippen LogP) is 2.17. The molecular formula is C10H6Cl2N2O3. The summed E-state index contributed by atoms with van der Waals surface area (Å²) in [5.74, 6) is -1.22. The average molecular weight is 273 g/mol. The van der Waals surface area contributed by atoms with Gasteiger partial charge in [-0.1, -0.05) is 23.2 Å². The van der Waals surface area contributed by atoms with Crippen LogP contribution in [-0.2, 0) is 0 Å². The number of nitrogens with zero attached hydrogens (tertiary/aromatic N) is 1. The third kappa shape index (κ3) is 2.20. The SMILES string of the molecule is O=C(O)c1c[nH]c(=O)n1-c1cc(Cl)cc(Cl)c1. The van der Waals surface area contributed by atoms with Crippen molar-refractivity contribution in [2.45, 2.75) is 0 Å². The Kier molecular flexibility index (Phi) is 2.95. The van der Waals surface area contributed by atoms with Crippen LogP contribution in [0.5, 0.6) is 0 Å². The molecule has 1 aromatic carbocycles. The molecule has 0 saturated carbocycles. The van der Waals surface area contributed by atoms with Crippen molar-refractivity contribution in [1.29, 1.82) is 0 Å². The van der Waals surface area contributed by atoms with Gasteiger partial charge in [0.05, 0.1) is 5.69 Å². The Hall–Kier alpha value is -1.72.